The van der Waals surface area contributed by atoms with E-state index in [1.54, 1.807) is 36.2 Å². The Morgan fingerprint density at radius 3 is 1.90 bits per heavy atom. The van der Waals surface area contributed by atoms with E-state index in [2.05, 4.69) is 5.32 Å². The van der Waals surface area contributed by atoms with Gasteiger partial charge in [-0.1, -0.05) is 38.1 Å². The van der Waals surface area contributed by atoms with E-state index in [4.69, 9.17) is 0 Å². The van der Waals surface area contributed by atoms with Gasteiger partial charge in [-0.05, 0) is 35.4 Å². The van der Waals surface area contributed by atoms with Crippen molar-refractivity contribution >= 4 is 21.7 Å². The van der Waals surface area contributed by atoms with Crippen LogP contribution in [0.3, 0.4) is 0 Å². The highest BCUT2D eigenvalue weighted by Crippen LogP contribution is 2.16. The SMILES string of the molecule is CCN(CC)S(=O)(=O)c1ccc(CNC(=O)N(C)Cc2ccc(N(C)C)cc2)cc1. The molecule has 0 heterocycles. The lowest BCUT2D eigenvalue weighted by Crippen LogP contribution is -2.36. The van der Waals surface area contributed by atoms with Crippen LogP contribution in [0, 0.1) is 0 Å². The first kappa shape index (κ1) is 23.7. The predicted molar refractivity (Wildman–Crippen MR) is 121 cm³/mol. The van der Waals surface area contributed by atoms with Gasteiger partial charge in [-0.3, -0.25) is 0 Å². The van der Waals surface area contributed by atoms with Crippen molar-refractivity contribution in [1.29, 1.82) is 0 Å². The number of hydrogen-bond acceptors (Lipinski definition) is 4. The summed E-state index contributed by atoms with van der Waals surface area (Å²) in [4.78, 5) is 16.3. The van der Waals surface area contributed by atoms with Gasteiger partial charge in [0.05, 0.1) is 4.90 Å². The molecule has 0 fully saturated rings. The molecule has 0 unspecified atom stereocenters. The van der Waals surface area contributed by atoms with E-state index in [9.17, 15) is 13.2 Å². The van der Waals surface area contributed by atoms with Crippen LogP contribution in [0.1, 0.15) is 25.0 Å². The van der Waals surface area contributed by atoms with Crippen molar-refractivity contribution in [3.63, 3.8) is 0 Å². The van der Waals surface area contributed by atoms with Crippen molar-refractivity contribution in [1.82, 2.24) is 14.5 Å². The number of urea groups is 1. The van der Waals surface area contributed by atoms with E-state index < -0.39 is 10.0 Å². The molecule has 0 bridgehead atoms. The number of carbonyl (C=O) groups excluding carboxylic acids is 1. The van der Waals surface area contributed by atoms with Crippen LogP contribution >= 0.6 is 0 Å². The molecule has 0 atom stereocenters. The average molecular weight is 433 g/mol. The van der Waals surface area contributed by atoms with Crippen LogP contribution in [0.5, 0.6) is 0 Å². The molecular formula is C22H32N4O3S. The van der Waals surface area contributed by atoms with Gasteiger partial charge >= 0.3 is 6.03 Å². The Morgan fingerprint density at radius 1 is 0.867 bits per heavy atom. The summed E-state index contributed by atoms with van der Waals surface area (Å²) in [6.45, 7) is 5.33. The monoisotopic (exact) mass is 432 g/mol. The smallest absolute Gasteiger partial charge is 0.317 e. The molecule has 1 N–H and O–H groups in total. The normalized spacial score (nSPS) is 11.4. The molecule has 0 aliphatic heterocycles. The molecule has 2 aromatic rings. The predicted octanol–water partition coefficient (Wildman–Crippen LogP) is 3.12. The van der Waals surface area contributed by atoms with Gasteiger partial charge < -0.3 is 15.1 Å². The summed E-state index contributed by atoms with van der Waals surface area (Å²) in [5.41, 5.74) is 2.99. The minimum atomic E-state index is -3.47. The molecule has 0 spiro atoms. The van der Waals surface area contributed by atoms with Crippen molar-refractivity contribution in [2.24, 2.45) is 0 Å². The summed E-state index contributed by atoms with van der Waals surface area (Å²) >= 11 is 0. The van der Waals surface area contributed by atoms with Crippen LogP contribution in [0.4, 0.5) is 10.5 Å². The Balaban J connectivity index is 1.92. The summed E-state index contributed by atoms with van der Waals surface area (Å²) in [7, 11) is 2.25. The van der Waals surface area contributed by atoms with Crippen LogP contribution in [-0.4, -0.2) is 57.9 Å². The number of nitrogens with one attached hydrogen (secondary N) is 1. The zero-order chi connectivity index (χ0) is 22.3. The van der Waals surface area contributed by atoms with Crippen molar-refractivity contribution in [3.8, 4) is 0 Å². The number of rotatable bonds is 9. The fourth-order valence-corrected chi connectivity index (χ4v) is 4.51. The van der Waals surface area contributed by atoms with Crippen molar-refractivity contribution in [3.05, 3.63) is 59.7 Å². The second kappa shape index (κ2) is 10.4. The molecule has 30 heavy (non-hydrogen) atoms. The molecule has 2 amide bonds. The quantitative estimate of drug-likeness (QED) is 0.661. The molecular weight excluding hydrogens is 400 g/mol. The summed E-state index contributed by atoms with van der Waals surface area (Å²) in [5.74, 6) is 0. The third-order valence-corrected chi connectivity index (χ3v) is 6.99. The van der Waals surface area contributed by atoms with Crippen molar-refractivity contribution in [2.45, 2.75) is 31.8 Å². The lowest BCUT2D eigenvalue weighted by Gasteiger charge is -2.20. The maximum atomic E-state index is 12.5. The largest absolute Gasteiger partial charge is 0.378 e. The van der Waals surface area contributed by atoms with E-state index in [0.29, 0.717) is 26.2 Å². The Labute approximate surface area is 180 Å². The number of hydrogen-bond donors (Lipinski definition) is 1. The first-order valence-electron chi connectivity index (χ1n) is 10.0. The molecule has 2 aromatic carbocycles. The second-order valence-electron chi connectivity index (χ2n) is 7.31. The Bertz CT molecular complexity index is 922. The van der Waals surface area contributed by atoms with Gasteiger partial charge in [0.25, 0.3) is 0 Å². The fourth-order valence-electron chi connectivity index (χ4n) is 3.05. The highest BCUT2D eigenvalue weighted by Gasteiger charge is 2.21. The summed E-state index contributed by atoms with van der Waals surface area (Å²) in [5, 5.41) is 2.87. The molecule has 0 aliphatic carbocycles. The van der Waals surface area contributed by atoms with Crippen LogP contribution in [0.15, 0.2) is 53.4 Å². The molecule has 0 radical (unpaired) electrons. The maximum absolute atomic E-state index is 12.5. The Hall–Kier alpha value is -2.58. The zero-order valence-corrected chi connectivity index (χ0v) is 19.2. The molecule has 0 aromatic heterocycles. The standard InChI is InChI=1S/C22H32N4O3S/c1-6-26(7-2)30(28,29)21-14-10-18(11-15-21)16-23-22(27)25(5)17-19-8-12-20(13-9-19)24(3)4/h8-15H,6-7,16-17H2,1-5H3,(H,23,27). The number of benzene rings is 2. The highest BCUT2D eigenvalue weighted by molar-refractivity contribution is 7.89. The fraction of sp³-hybridized carbons (Fsp3) is 0.409. The lowest BCUT2D eigenvalue weighted by molar-refractivity contribution is 0.206. The molecule has 8 heteroatoms. The first-order chi connectivity index (χ1) is 14.2. The maximum Gasteiger partial charge on any atom is 0.317 e. The molecule has 0 aliphatic rings. The van der Waals surface area contributed by atoms with Gasteiger partial charge in [0, 0.05) is 53.0 Å². The molecule has 2 rings (SSSR count). The number of sulfonamides is 1. The van der Waals surface area contributed by atoms with E-state index in [0.717, 1.165) is 16.8 Å². The molecule has 0 saturated carbocycles. The Morgan fingerprint density at radius 2 is 1.40 bits per heavy atom. The highest BCUT2D eigenvalue weighted by atomic mass is 32.2. The molecule has 0 saturated heterocycles. The average Bonchev–Trinajstić information content (AvgIpc) is 2.73. The molecule has 164 valence electrons. The van der Waals surface area contributed by atoms with Crippen LogP contribution in [0.2, 0.25) is 0 Å². The van der Waals surface area contributed by atoms with Gasteiger partial charge in [-0.25, -0.2) is 13.2 Å². The number of anilines is 1. The zero-order valence-electron chi connectivity index (χ0n) is 18.4. The Kier molecular flexibility index (Phi) is 8.25. The molecule has 7 nitrogen and oxygen atoms in total. The van der Waals surface area contributed by atoms with Gasteiger partial charge in [0.15, 0.2) is 0 Å². The summed E-state index contributed by atoms with van der Waals surface area (Å²) in [6, 6.07) is 14.5. The minimum absolute atomic E-state index is 0.188. The summed E-state index contributed by atoms with van der Waals surface area (Å²) < 4.78 is 26.5. The van der Waals surface area contributed by atoms with E-state index in [-0.39, 0.29) is 10.9 Å². The van der Waals surface area contributed by atoms with Gasteiger partial charge in [-0.15, -0.1) is 0 Å². The number of nitrogens with zero attached hydrogens (tertiary/aromatic N) is 3. The van der Waals surface area contributed by atoms with Gasteiger partial charge in [0.1, 0.15) is 0 Å². The third kappa shape index (κ3) is 5.96. The minimum Gasteiger partial charge on any atom is -0.378 e. The lowest BCUT2D eigenvalue weighted by atomic mass is 10.2. The van der Waals surface area contributed by atoms with Crippen molar-refractivity contribution in [2.75, 3.05) is 39.1 Å². The first-order valence-corrected chi connectivity index (χ1v) is 11.5. The van der Waals surface area contributed by atoms with Gasteiger partial charge in [-0.2, -0.15) is 4.31 Å². The van der Waals surface area contributed by atoms with E-state index in [1.165, 1.54) is 4.31 Å². The van der Waals surface area contributed by atoms with E-state index >= 15 is 0 Å². The van der Waals surface area contributed by atoms with Gasteiger partial charge in [0.2, 0.25) is 10.0 Å². The third-order valence-electron chi connectivity index (χ3n) is 4.93. The van der Waals surface area contributed by atoms with Crippen molar-refractivity contribution < 1.29 is 13.2 Å². The second-order valence-corrected chi connectivity index (χ2v) is 9.25. The van der Waals surface area contributed by atoms with Crippen LogP contribution in [0.25, 0.3) is 0 Å². The topological polar surface area (TPSA) is 73.0 Å². The van der Waals surface area contributed by atoms with Crippen LogP contribution in [-0.2, 0) is 23.1 Å². The van der Waals surface area contributed by atoms with Crippen LogP contribution < -0.4 is 10.2 Å². The summed E-state index contributed by atoms with van der Waals surface area (Å²) in [6.07, 6.45) is 0. The number of carbonyl (C=O) groups is 1. The van der Waals surface area contributed by atoms with E-state index in [1.807, 2.05) is 57.1 Å². The number of amides is 2.